The molecule has 3 nitrogen and oxygen atoms in total. The van der Waals surface area contributed by atoms with Crippen LogP contribution in [0.5, 0.6) is 0 Å². The summed E-state index contributed by atoms with van der Waals surface area (Å²) in [6, 6.07) is 6.01. The van der Waals surface area contributed by atoms with E-state index < -0.39 is 0 Å². The number of anilines is 1. The van der Waals surface area contributed by atoms with E-state index in [0.717, 1.165) is 23.7 Å². The third-order valence-corrected chi connectivity index (χ3v) is 4.04. The van der Waals surface area contributed by atoms with Gasteiger partial charge in [-0.3, -0.25) is 0 Å². The molecule has 3 rings (SSSR count). The predicted molar refractivity (Wildman–Crippen MR) is 69.5 cm³/mol. The molecule has 17 heavy (non-hydrogen) atoms. The van der Waals surface area contributed by atoms with Gasteiger partial charge in [0.15, 0.2) is 0 Å². The van der Waals surface area contributed by atoms with Crippen molar-refractivity contribution in [1.29, 1.82) is 0 Å². The normalized spacial score (nSPS) is 27.5. The number of fused-ring (bicyclic) bond motifs is 2. The quantitative estimate of drug-likeness (QED) is 0.877. The Morgan fingerprint density at radius 2 is 2.00 bits per heavy atom. The van der Waals surface area contributed by atoms with Crippen LogP contribution in [0.1, 0.15) is 18.4 Å². The van der Waals surface area contributed by atoms with Gasteiger partial charge in [0.1, 0.15) is 0 Å². The van der Waals surface area contributed by atoms with Crippen molar-refractivity contribution in [3.05, 3.63) is 28.8 Å². The molecule has 0 spiro atoms. The average Bonchev–Trinajstić information content (AvgIpc) is 2.68. The van der Waals surface area contributed by atoms with Crippen LogP contribution in [-0.4, -0.2) is 25.3 Å². The second kappa shape index (κ2) is 4.48. The topological polar surface area (TPSA) is 38.5 Å². The fourth-order valence-electron chi connectivity index (χ4n) is 2.86. The standard InChI is InChI=1S/C13H17ClN2O/c14-12-2-1-3-13(11(12)6-15)16-7-9-4-5-10(8-16)17-9/h1-3,9-10H,4-8,15H2. The number of hydrogen-bond donors (Lipinski definition) is 1. The van der Waals surface area contributed by atoms with Crippen LogP contribution in [0.25, 0.3) is 0 Å². The highest BCUT2D eigenvalue weighted by Gasteiger charge is 2.34. The van der Waals surface area contributed by atoms with Gasteiger partial charge in [-0.05, 0) is 25.0 Å². The maximum absolute atomic E-state index is 6.20. The molecule has 0 aliphatic carbocycles. The van der Waals surface area contributed by atoms with Crippen molar-refractivity contribution in [3.8, 4) is 0 Å². The van der Waals surface area contributed by atoms with Gasteiger partial charge in [-0.25, -0.2) is 0 Å². The third-order valence-electron chi connectivity index (χ3n) is 3.68. The van der Waals surface area contributed by atoms with Crippen LogP contribution in [0.4, 0.5) is 5.69 Å². The summed E-state index contributed by atoms with van der Waals surface area (Å²) in [5.41, 5.74) is 8.03. The van der Waals surface area contributed by atoms with Crippen molar-refractivity contribution in [3.63, 3.8) is 0 Å². The minimum Gasteiger partial charge on any atom is -0.371 e. The predicted octanol–water partition coefficient (Wildman–Crippen LogP) is 2.17. The molecule has 2 aliphatic heterocycles. The number of ether oxygens (including phenoxy) is 1. The van der Waals surface area contributed by atoms with E-state index in [2.05, 4.69) is 11.0 Å². The molecule has 0 aromatic heterocycles. The number of nitrogens with two attached hydrogens (primary N) is 1. The summed E-state index contributed by atoms with van der Waals surface area (Å²) >= 11 is 6.20. The van der Waals surface area contributed by atoms with Crippen LogP contribution >= 0.6 is 11.6 Å². The van der Waals surface area contributed by atoms with Crippen LogP contribution in [-0.2, 0) is 11.3 Å². The molecular formula is C13H17ClN2O. The van der Waals surface area contributed by atoms with Gasteiger partial charge in [0.25, 0.3) is 0 Å². The fourth-order valence-corrected chi connectivity index (χ4v) is 3.10. The van der Waals surface area contributed by atoms with Gasteiger partial charge < -0.3 is 15.4 Å². The zero-order valence-electron chi connectivity index (χ0n) is 9.73. The first kappa shape index (κ1) is 11.3. The molecule has 2 heterocycles. The largest absolute Gasteiger partial charge is 0.371 e. The van der Waals surface area contributed by atoms with Gasteiger partial charge in [-0.2, -0.15) is 0 Å². The summed E-state index contributed by atoms with van der Waals surface area (Å²) in [6.07, 6.45) is 3.14. The number of nitrogens with zero attached hydrogens (tertiary/aromatic N) is 1. The Morgan fingerprint density at radius 3 is 2.65 bits per heavy atom. The maximum Gasteiger partial charge on any atom is 0.0755 e. The lowest BCUT2D eigenvalue weighted by Crippen LogP contribution is -2.43. The van der Waals surface area contributed by atoms with E-state index in [1.165, 1.54) is 18.5 Å². The Bertz CT molecular complexity index is 412. The number of morpholine rings is 1. The molecule has 0 radical (unpaired) electrons. The van der Waals surface area contributed by atoms with Gasteiger partial charge in [-0.1, -0.05) is 17.7 Å². The van der Waals surface area contributed by atoms with Crippen molar-refractivity contribution >= 4 is 17.3 Å². The van der Waals surface area contributed by atoms with E-state index in [-0.39, 0.29) is 0 Å². The number of benzene rings is 1. The highest BCUT2D eigenvalue weighted by Crippen LogP contribution is 2.33. The molecule has 92 valence electrons. The minimum absolute atomic E-state index is 0.387. The highest BCUT2D eigenvalue weighted by atomic mass is 35.5. The molecule has 2 saturated heterocycles. The van der Waals surface area contributed by atoms with E-state index >= 15 is 0 Å². The first-order chi connectivity index (χ1) is 8.28. The molecule has 0 amide bonds. The Balaban J connectivity index is 1.91. The van der Waals surface area contributed by atoms with Crippen molar-refractivity contribution in [2.75, 3.05) is 18.0 Å². The molecule has 2 atom stereocenters. The van der Waals surface area contributed by atoms with Gasteiger partial charge >= 0.3 is 0 Å². The molecule has 1 aromatic carbocycles. The number of hydrogen-bond acceptors (Lipinski definition) is 3. The molecule has 2 bridgehead atoms. The van der Waals surface area contributed by atoms with Crippen molar-refractivity contribution in [2.45, 2.75) is 31.6 Å². The third kappa shape index (κ3) is 2.03. The van der Waals surface area contributed by atoms with E-state index in [1.54, 1.807) is 0 Å². The maximum atomic E-state index is 6.20. The van der Waals surface area contributed by atoms with E-state index in [4.69, 9.17) is 22.1 Å². The van der Waals surface area contributed by atoms with E-state index in [1.807, 2.05) is 12.1 Å². The molecule has 4 heteroatoms. The van der Waals surface area contributed by atoms with Crippen LogP contribution in [0.2, 0.25) is 5.02 Å². The van der Waals surface area contributed by atoms with Crippen molar-refractivity contribution < 1.29 is 4.74 Å². The van der Waals surface area contributed by atoms with Gasteiger partial charge in [0.2, 0.25) is 0 Å². The van der Waals surface area contributed by atoms with Crippen LogP contribution in [0.15, 0.2) is 18.2 Å². The van der Waals surface area contributed by atoms with Crippen molar-refractivity contribution in [2.24, 2.45) is 5.73 Å². The Kier molecular flexibility index (Phi) is 2.99. The second-order valence-electron chi connectivity index (χ2n) is 4.80. The molecule has 2 N–H and O–H groups in total. The molecule has 1 aromatic rings. The summed E-state index contributed by atoms with van der Waals surface area (Å²) in [7, 11) is 0. The monoisotopic (exact) mass is 252 g/mol. The summed E-state index contributed by atoms with van der Waals surface area (Å²) in [6.45, 7) is 2.41. The lowest BCUT2D eigenvalue weighted by molar-refractivity contribution is 0.0304. The van der Waals surface area contributed by atoms with Crippen LogP contribution in [0.3, 0.4) is 0 Å². The fraction of sp³-hybridized carbons (Fsp3) is 0.538. The summed E-state index contributed by atoms with van der Waals surface area (Å²) < 4.78 is 5.85. The number of halogens is 1. The summed E-state index contributed by atoms with van der Waals surface area (Å²) in [5.74, 6) is 0. The van der Waals surface area contributed by atoms with Gasteiger partial charge in [0, 0.05) is 35.9 Å². The highest BCUT2D eigenvalue weighted by molar-refractivity contribution is 6.31. The smallest absolute Gasteiger partial charge is 0.0755 e. The van der Waals surface area contributed by atoms with Crippen LogP contribution in [0, 0.1) is 0 Å². The minimum atomic E-state index is 0.387. The second-order valence-corrected chi connectivity index (χ2v) is 5.21. The van der Waals surface area contributed by atoms with E-state index in [0.29, 0.717) is 18.8 Å². The Labute approximate surface area is 106 Å². The summed E-state index contributed by atoms with van der Waals surface area (Å²) in [5, 5.41) is 0.767. The van der Waals surface area contributed by atoms with Gasteiger partial charge in [-0.15, -0.1) is 0 Å². The lowest BCUT2D eigenvalue weighted by atomic mass is 10.1. The zero-order valence-corrected chi connectivity index (χ0v) is 10.5. The average molecular weight is 253 g/mol. The molecular weight excluding hydrogens is 236 g/mol. The SMILES string of the molecule is NCc1c(Cl)cccc1N1CC2CCC(C1)O2. The first-order valence-electron chi connectivity index (χ1n) is 6.16. The zero-order chi connectivity index (χ0) is 11.8. The number of rotatable bonds is 2. The van der Waals surface area contributed by atoms with Crippen LogP contribution < -0.4 is 10.6 Å². The van der Waals surface area contributed by atoms with Gasteiger partial charge in [0.05, 0.1) is 12.2 Å². The first-order valence-corrected chi connectivity index (χ1v) is 6.53. The summed E-state index contributed by atoms with van der Waals surface area (Å²) in [4.78, 5) is 2.37. The molecule has 2 aliphatic rings. The molecule has 2 fully saturated rings. The molecule has 0 saturated carbocycles. The Morgan fingerprint density at radius 1 is 1.29 bits per heavy atom. The lowest BCUT2D eigenvalue weighted by Gasteiger charge is -2.35. The van der Waals surface area contributed by atoms with E-state index in [9.17, 15) is 0 Å². The Hall–Kier alpha value is -0.770. The van der Waals surface area contributed by atoms with Crippen molar-refractivity contribution in [1.82, 2.24) is 0 Å². The molecule has 2 unspecified atom stereocenters.